The van der Waals surface area contributed by atoms with Crippen LogP contribution in [0.4, 0.5) is 0 Å². The molecule has 0 saturated carbocycles. The van der Waals surface area contributed by atoms with Crippen molar-refractivity contribution in [3.63, 3.8) is 0 Å². The van der Waals surface area contributed by atoms with Gasteiger partial charge in [-0.15, -0.1) is 0 Å². The van der Waals surface area contributed by atoms with Gasteiger partial charge in [0.1, 0.15) is 17.4 Å². The van der Waals surface area contributed by atoms with E-state index in [0.717, 1.165) is 11.1 Å². The Morgan fingerprint density at radius 1 is 1.18 bits per heavy atom. The maximum absolute atomic E-state index is 13.2. The Labute approximate surface area is 198 Å². The molecule has 178 valence electrons. The molecule has 0 fully saturated rings. The average molecular weight is 463 g/mol. The molecule has 2 amide bonds. The lowest BCUT2D eigenvalue weighted by atomic mass is 9.89. The van der Waals surface area contributed by atoms with E-state index in [9.17, 15) is 14.7 Å². The smallest absolute Gasteiger partial charge is 0.251 e. The van der Waals surface area contributed by atoms with E-state index < -0.39 is 29.3 Å². The van der Waals surface area contributed by atoms with Crippen molar-refractivity contribution < 1.29 is 19.4 Å². The molecule has 2 heterocycles. The number of nitrogens with zero attached hydrogens (tertiary/aromatic N) is 2. The van der Waals surface area contributed by atoms with Crippen molar-refractivity contribution in [2.75, 3.05) is 0 Å². The normalized spacial score (nSPS) is 26.4. The first-order valence-electron chi connectivity index (χ1n) is 11.5. The number of fused-ring (bicyclic) bond motifs is 2. The summed E-state index contributed by atoms with van der Waals surface area (Å²) < 4.78 is 6.16. The van der Waals surface area contributed by atoms with Gasteiger partial charge >= 0.3 is 0 Å². The zero-order chi connectivity index (χ0) is 24.4. The SMILES string of the molecule is CC1(C)CC(=O)N([C@H]2c3cc(C(=O)N[C@@H]4c5ccccc5C[C@H]4O)ccc3OC2(C)C)C(N)=N1. The lowest BCUT2D eigenvalue weighted by molar-refractivity contribution is -0.133. The van der Waals surface area contributed by atoms with Crippen molar-refractivity contribution in [1.29, 1.82) is 0 Å². The molecule has 0 radical (unpaired) electrons. The van der Waals surface area contributed by atoms with Crippen LogP contribution in [0.1, 0.15) is 73.2 Å². The average Bonchev–Trinajstić information content (AvgIpc) is 3.19. The molecular formula is C26H30N4O4. The number of nitrogens with two attached hydrogens (primary N) is 1. The second-order valence-corrected chi connectivity index (χ2v) is 10.5. The monoisotopic (exact) mass is 462 g/mol. The van der Waals surface area contributed by atoms with Crippen LogP contribution in [0.5, 0.6) is 5.75 Å². The highest BCUT2D eigenvalue weighted by molar-refractivity contribution is 6.00. The first kappa shape index (κ1) is 22.4. The van der Waals surface area contributed by atoms with Crippen molar-refractivity contribution in [3.8, 4) is 5.75 Å². The Balaban J connectivity index is 1.47. The van der Waals surface area contributed by atoms with Gasteiger partial charge in [-0.25, -0.2) is 4.99 Å². The van der Waals surface area contributed by atoms with E-state index in [0.29, 0.717) is 23.3 Å². The molecule has 0 unspecified atom stereocenters. The van der Waals surface area contributed by atoms with Gasteiger partial charge in [-0.3, -0.25) is 14.5 Å². The molecule has 2 aromatic carbocycles. The van der Waals surface area contributed by atoms with Crippen molar-refractivity contribution in [1.82, 2.24) is 10.2 Å². The molecule has 2 aromatic rings. The molecule has 8 heteroatoms. The van der Waals surface area contributed by atoms with Gasteiger partial charge in [0, 0.05) is 17.5 Å². The summed E-state index contributed by atoms with van der Waals surface area (Å²) in [6, 6.07) is 11.9. The highest BCUT2D eigenvalue weighted by Gasteiger charge is 2.50. The number of carbonyl (C=O) groups excluding carboxylic acids is 2. The van der Waals surface area contributed by atoms with E-state index in [-0.39, 0.29) is 24.2 Å². The molecule has 5 rings (SSSR count). The number of hydrogen-bond acceptors (Lipinski definition) is 6. The molecule has 0 saturated heterocycles. The van der Waals surface area contributed by atoms with E-state index in [1.54, 1.807) is 18.2 Å². The standard InChI is InChI=1S/C26H30N4O4/c1-25(2)13-20(32)30(24(27)29-25)22-17-11-15(9-10-19(17)34-26(22,3)4)23(33)28-21-16-8-6-5-7-14(16)12-18(21)31/h5-11,18,21-22,31H,12-13H2,1-4H3,(H2,27,29)(H,28,33)/t18-,21-,22+/m1/s1. The number of nitrogens with one attached hydrogen (secondary N) is 1. The van der Waals surface area contributed by atoms with Crippen molar-refractivity contribution in [2.45, 2.75) is 69.9 Å². The number of aliphatic hydroxyl groups excluding tert-OH is 1. The predicted octanol–water partition coefficient (Wildman–Crippen LogP) is 2.61. The van der Waals surface area contributed by atoms with Gasteiger partial charge < -0.3 is 20.9 Å². The van der Waals surface area contributed by atoms with Crippen molar-refractivity contribution in [3.05, 3.63) is 64.7 Å². The van der Waals surface area contributed by atoms with Crippen molar-refractivity contribution >= 4 is 17.8 Å². The minimum atomic E-state index is -0.769. The molecule has 0 spiro atoms. The Hall–Kier alpha value is -3.39. The van der Waals surface area contributed by atoms with Crippen molar-refractivity contribution in [2.24, 2.45) is 10.7 Å². The topological polar surface area (TPSA) is 117 Å². The number of ether oxygens (including phenoxy) is 1. The highest BCUT2D eigenvalue weighted by atomic mass is 16.5. The zero-order valence-corrected chi connectivity index (χ0v) is 19.8. The number of aliphatic hydroxyl groups is 1. The third-order valence-corrected chi connectivity index (χ3v) is 6.86. The molecule has 0 aromatic heterocycles. The van der Waals surface area contributed by atoms with E-state index in [1.165, 1.54) is 4.90 Å². The number of rotatable bonds is 3. The molecule has 8 nitrogen and oxygen atoms in total. The number of hydrogen-bond donors (Lipinski definition) is 3. The fourth-order valence-electron chi connectivity index (χ4n) is 5.40. The maximum atomic E-state index is 13.2. The fraction of sp³-hybridized carbons (Fsp3) is 0.423. The van der Waals surface area contributed by atoms with Crippen LogP contribution in [0.2, 0.25) is 0 Å². The highest BCUT2D eigenvalue weighted by Crippen LogP contribution is 2.48. The van der Waals surface area contributed by atoms with Gasteiger partial charge in [0.2, 0.25) is 5.91 Å². The van der Waals surface area contributed by atoms with E-state index in [1.807, 2.05) is 52.0 Å². The van der Waals surface area contributed by atoms with Gasteiger partial charge in [0.25, 0.3) is 5.91 Å². The summed E-state index contributed by atoms with van der Waals surface area (Å²) in [5.41, 5.74) is 8.01. The summed E-state index contributed by atoms with van der Waals surface area (Å²) >= 11 is 0. The van der Waals surface area contributed by atoms with E-state index in [2.05, 4.69) is 10.3 Å². The van der Waals surface area contributed by atoms with E-state index >= 15 is 0 Å². The Kier molecular flexibility index (Phi) is 4.98. The number of guanidine groups is 1. The van der Waals surface area contributed by atoms with Crippen LogP contribution in [-0.4, -0.2) is 45.0 Å². The van der Waals surface area contributed by atoms with Gasteiger partial charge in [0.15, 0.2) is 5.96 Å². The number of carbonyl (C=O) groups is 2. The second kappa shape index (κ2) is 7.56. The van der Waals surface area contributed by atoms with Gasteiger partial charge in [-0.05, 0) is 57.0 Å². The lowest BCUT2D eigenvalue weighted by Crippen LogP contribution is -2.55. The number of amides is 2. The quantitative estimate of drug-likeness (QED) is 0.648. The summed E-state index contributed by atoms with van der Waals surface area (Å²) in [5, 5.41) is 13.5. The first-order valence-corrected chi connectivity index (χ1v) is 11.5. The largest absolute Gasteiger partial charge is 0.485 e. The summed E-state index contributed by atoms with van der Waals surface area (Å²) in [5.74, 6) is 0.312. The van der Waals surface area contributed by atoms with Crippen LogP contribution in [-0.2, 0) is 11.2 Å². The summed E-state index contributed by atoms with van der Waals surface area (Å²) in [7, 11) is 0. The minimum Gasteiger partial charge on any atom is -0.485 e. The zero-order valence-electron chi connectivity index (χ0n) is 19.8. The molecule has 1 aliphatic carbocycles. The maximum Gasteiger partial charge on any atom is 0.251 e. The molecule has 0 bridgehead atoms. The molecular weight excluding hydrogens is 432 g/mol. The molecule has 34 heavy (non-hydrogen) atoms. The lowest BCUT2D eigenvalue weighted by Gasteiger charge is -2.40. The predicted molar refractivity (Wildman–Crippen MR) is 127 cm³/mol. The van der Waals surface area contributed by atoms with Crippen LogP contribution in [0.25, 0.3) is 0 Å². The van der Waals surface area contributed by atoms with Crippen LogP contribution < -0.4 is 15.8 Å². The summed E-state index contributed by atoms with van der Waals surface area (Å²) in [6.07, 6.45) is 0.0482. The van der Waals surface area contributed by atoms with Crippen LogP contribution in [0, 0.1) is 0 Å². The Morgan fingerprint density at radius 3 is 2.65 bits per heavy atom. The third kappa shape index (κ3) is 3.62. The second-order valence-electron chi connectivity index (χ2n) is 10.5. The molecule has 3 aliphatic rings. The summed E-state index contributed by atoms with van der Waals surface area (Å²) in [6.45, 7) is 7.53. The van der Waals surface area contributed by atoms with Crippen LogP contribution >= 0.6 is 0 Å². The molecule has 3 atom stereocenters. The molecule has 4 N–H and O–H groups in total. The van der Waals surface area contributed by atoms with Crippen LogP contribution in [0.3, 0.4) is 0 Å². The van der Waals surface area contributed by atoms with Gasteiger partial charge in [-0.2, -0.15) is 0 Å². The fourth-order valence-corrected chi connectivity index (χ4v) is 5.40. The van der Waals surface area contributed by atoms with Gasteiger partial charge in [-0.1, -0.05) is 24.3 Å². The Bertz CT molecular complexity index is 1220. The summed E-state index contributed by atoms with van der Waals surface area (Å²) in [4.78, 5) is 32.3. The van der Waals surface area contributed by atoms with Crippen LogP contribution in [0.15, 0.2) is 47.5 Å². The molecule has 2 aliphatic heterocycles. The number of aliphatic imine (C=N–C) groups is 1. The Morgan fingerprint density at radius 2 is 1.91 bits per heavy atom. The minimum absolute atomic E-state index is 0.132. The number of benzene rings is 2. The van der Waals surface area contributed by atoms with Gasteiger partial charge in [0.05, 0.1) is 24.1 Å². The third-order valence-electron chi connectivity index (χ3n) is 6.86. The van der Waals surface area contributed by atoms with E-state index in [4.69, 9.17) is 10.5 Å². The first-order chi connectivity index (χ1) is 16.0.